The molecule has 2 heterocycles. The number of ether oxygens (including phenoxy) is 8. The fourth-order valence-electron chi connectivity index (χ4n) is 4.36. The Hall–Kier alpha value is -2.44. The van der Waals surface area contributed by atoms with Crippen molar-refractivity contribution in [2.45, 2.75) is 114 Å². The molecule has 0 aromatic carbocycles. The van der Waals surface area contributed by atoms with Gasteiger partial charge in [-0.2, -0.15) is 0 Å². The van der Waals surface area contributed by atoms with Crippen LogP contribution < -0.4 is 0 Å². The number of hydrogen-bond donors (Lipinski definition) is 8. The molecule has 10 unspecified atom stereocenters. The Morgan fingerprint density at radius 2 is 1.02 bits per heavy atom. The van der Waals surface area contributed by atoms with Crippen LogP contribution in [0, 0.1) is 24.7 Å². The summed E-state index contributed by atoms with van der Waals surface area (Å²) in [6.45, 7) is 4.28. The molecule has 24 heteroatoms. The zero-order valence-corrected chi connectivity index (χ0v) is 31.7. The van der Waals surface area contributed by atoms with Crippen LogP contribution in [0.4, 0.5) is 9.59 Å². The monoisotopic (exact) mass is 824 g/mol. The number of aliphatic hydroxyl groups excluding tert-OH is 6. The van der Waals surface area contributed by atoms with Crippen LogP contribution in [0.5, 0.6) is 0 Å². The number of aliphatic hydroxyl groups is 6. The Kier molecular flexibility index (Phi) is 22.3. The average Bonchev–Trinajstić information content (AvgIpc) is 3.07. The van der Waals surface area contributed by atoms with Crippen LogP contribution in [0.2, 0.25) is 0 Å². The Balaban J connectivity index is 0.000000644. The Bertz CT molecular complexity index is 1280. The van der Waals surface area contributed by atoms with E-state index in [0.717, 1.165) is 0 Å². The van der Waals surface area contributed by atoms with Gasteiger partial charge in [-0.25, -0.2) is 9.59 Å². The van der Waals surface area contributed by atoms with Gasteiger partial charge in [0.2, 0.25) is 13.6 Å². The summed E-state index contributed by atoms with van der Waals surface area (Å²) in [5, 5.41) is 59.2. The maximum Gasteiger partial charge on any atom is 0.510 e. The zero-order chi connectivity index (χ0) is 41.2. The number of terminal acetylenes is 2. The van der Waals surface area contributed by atoms with Gasteiger partial charge in [-0.3, -0.25) is 18.2 Å². The molecule has 0 radical (unpaired) electrons. The SMILES string of the molecule is C#CCOC1OC(CCP(=O)(O)O)C(O)C(O)C1O.C#CCOC1OC(CCP(=O)(OCOC(=O)OC(C)C)OCOC(=O)OC(C)C)C(O)C(O)C1O. The average molecular weight is 825 g/mol. The predicted octanol–water partition coefficient (Wildman–Crippen LogP) is -0.890. The summed E-state index contributed by atoms with van der Waals surface area (Å²) in [5.74, 6) is 4.33. The van der Waals surface area contributed by atoms with Crippen LogP contribution in [0.25, 0.3) is 0 Å². The van der Waals surface area contributed by atoms with Gasteiger partial charge in [0.15, 0.2) is 12.6 Å². The standard InChI is InChI=1S/C20H33O14P.C10H17O8P/c1-6-8-27-18-17(23)16(22)15(21)14(34-18)7-9-35(26,30-10-28-19(24)32-12(2)3)31-11-29-20(25)33-13(4)5;1-2-4-17-10-9(13)8(12)7(11)6(18-10)3-5-19(14,15)16/h1,12-18,21-23H,7-11H2,2-5H3;1,6-13H,3-5H2,(H2,14,15,16). The molecule has 2 aliphatic rings. The maximum atomic E-state index is 13.2. The smallest absolute Gasteiger partial charge is 0.432 e. The number of carbonyl (C=O) groups excluding carboxylic acids is 2. The van der Waals surface area contributed by atoms with E-state index in [1.54, 1.807) is 27.7 Å². The molecule has 2 aliphatic heterocycles. The summed E-state index contributed by atoms with van der Waals surface area (Å²) >= 11 is 0. The minimum absolute atomic E-state index is 0.171. The minimum atomic E-state index is -4.24. The highest BCUT2D eigenvalue weighted by molar-refractivity contribution is 7.53. The normalized spacial score (nSPS) is 28.6. The van der Waals surface area contributed by atoms with Crippen molar-refractivity contribution in [3.63, 3.8) is 0 Å². The Labute approximate surface area is 311 Å². The number of hydrogen-bond acceptors (Lipinski definition) is 20. The molecule has 8 N–H and O–H groups in total. The van der Waals surface area contributed by atoms with Crippen LogP contribution in [-0.2, 0) is 56.1 Å². The van der Waals surface area contributed by atoms with Crippen molar-refractivity contribution in [2.75, 3.05) is 39.1 Å². The topological polar surface area (TPSA) is 322 Å². The van der Waals surface area contributed by atoms with Gasteiger partial charge in [0.05, 0.1) is 36.7 Å². The van der Waals surface area contributed by atoms with Gasteiger partial charge in [-0.1, -0.05) is 11.8 Å². The summed E-state index contributed by atoms with van der Waals surface area (Å²) in [7, 11) is -8.39. The molecular formula is C30H50O22P2. The van der Waals surface area contributed by atoms with E-state index in [-0.39, 0.29) is 26.1 Å². The fraction of sp³-hybridized carbons (Fsp3) is 0.800. The first-order valence-electron chi connectivity index (χ1n) is 16.2. The summed E-state index contributed by atoms with van der Waals surface area (Å²) in [6, 6.07) is 0. The van der Waals surface area contributed by atoms with Crippen LogP contribution in [0.3, 0.4) is 0 Å². The summed E-state index contributed by atoms with van der Waals surface area (Å²) in [4.78, 5) is 40.5. The highest BCUT2D eigenvalue weighted by atomic mass is 31.2. The second-order valence-corrected chi connectivity index (χ2v) is 15.9. The predicted molar refractivity (Wildman–Crippen MR) is 179 cm³/mol. The van der Waals surface area contributed by atoms with Gasteiger partial charge in [0, 0.05) is 0 Å². The Morgan fingerprint density at radius 1 is 0.648 bits per heavy atom. The highest BCUT2D eigenvalue weighted by Crippen LogP contribution is 2.49. The fourth-order valence-corrected chi connectivity index (χ4v) is 6.28. The Morgan fingerprint density at radius 3 is 1.35 bits per heavy atom. The van der Waals surface area contributed by atoms with Crippen molar-refractivity contribution in [2.24, 2.45) is 0 Å². The zero-order valence-electron chi connectivity index (χ0n) is 29.9. The molecule has 2 fully saturated rings. The molecule has 0 spiro atoms. The van der Waals surface area contributed by atoms with Crippen LogP contribution in [0.1, 0.15) is 40.5 Å². The number of rotatable bonds is 18. The first-order valence-corrected chi connectivity index (χ1v) is 19.8. The molecular weight excluding hydrogens is 774 g/mol. The van der Waals surface area contributed by atoms with Crippen LogP contribution >= 0.6 is 15.2 Å². The first-order chi connectivity index (χ1) is 25.1. The van der Waals surface area contributed by atoms with Gasteiger partial charge in [0.1, 0.15) is 49.8 Å². The first kappa shape index (κ1) is 49.6. The quantitative estimate of drug-likeness (QED) is 0.0360. The van der Waals surface area contributed by atoms with Gasteiger partial charge in [0.25, 0.3) is 0 Å². The lowest BCUT2D eigenvalue weighted by atomic mass is 9.97. The van der Waals surface area contributed by atoms with Crippen molar-refractivity contribution >= 4 is 27.5 Å². The van der Waals surface area contributed by atoms with E-state index in [4.69, 9.17) is 60.1 Å². The van der Waals surface area contributed by atoms with Crippen molar-refractivity contribution in [3.8, 4) is 24.7 Å². The molecule has 2 rings (SSSR count). The molecule has 2 saturated heterocycles. The number of carbonyl (C=O) groups is 2. The minimum Gasteiger partial charge on any atom is -0.432 e. The second-order valence-electron chi connectivity index (χ2n) is 12.0. The molecule has 54 heavy (non-hydrogen) atoms. The van der Waals surface area contributed by atoms with Crippen LogP contribution in [0.15, 0.2) is 0 Å². The van der Waals surface area contributed by atoms with Crippen molar-refractivity contribution in [1.82, 2.24) is 0 Å². The van der Waals surface area contributed by atoms with E-state index in [1.165, 1.54) is 0 Å². The lowest BCUT2D eigenvalue weighted by molar-refractivity contribution is -0.293. The third-order valence-corrected chi connectivity index (χ3v) is 9.55. The van der Waals surface area contributed by atoms with E-state index in [2.05, 4.69) is 21.3 Å². The summed E-state index contributed by atoms with van der Waals surface area (Å²) in [5.41, 5.74) is 0. The highest BCUT2D eigenvalue weighted by Gasteiger charge is 2.46. The molecule has 0 amide bonds. The lowest BCUT2D eigenvalue weighted by Crippen LogP contribution is -2.58. The second kappa shape index (κ2) is 24.3. The summed E-state index contributed by atoms with van der Waals surface area (Å²) in [6.07, 6.45) is -8.61. The van der Waals surface area contributed by atoms with E-state index < -0.39 is 127 Å². The largest absolute Gasteiger partial charge is 0.510 e. The van der Waals surface area contributed by atoms with E-state index >= 15 is 0 Å². The molecule has 312 valence electrons. The van der Waals surface area contributed by atoms with Gasteiger partial charge in [-0.15, -0.1) is 12.8 Å². The van der Waals surface area contributed by atoms with Gasteiger partial charge in [-0.05, 0) is 40.5 Å². The van der Waals surface area contributed by atoms with E-state index in [1.807, 2.05) is 0 Å². The van der Waals surface area contributed by atoms with E-state index in [0.29, 0.717) is 0 Å². The van der Waals surface area contributed by atoms with Crippen molar-refractivity contribution in [1.29, 1.82) is 0 Å². The molecule has 22 nitrogen and oxygen atoms in total. The molecule has 0 aromatic heterocycles. The molecule has 0 aromatic rings. The van der Waals surface area contributed by atoms with E-state index in [9.17, 15) is 49.4 Å². The van der Waals surface area contributed by atoms with Gasteiger partial charge >= 0.3 is 27.5 Å². The maximum absolute atomic E-state index is 13.2. The third-order valence-electron chi connectivity index (χ3n) is 6.91. The molecule has 0 saturated carbocycles. The molecule has 10 atom stereocenters. The van der Waals surface area contributed by atoms with Crippen LogP contribution in [-0.4, -0.2) is 165 Å². The van der Waals surface area contributed by atoms with Gasteiger partial charge < -0.3 is 78.3 Å². The summed E-state index contributed by atoms with van der Waals surface area (Å²) < 4.78 is 73.6. The molecule has 0 bridgehead atoms. The van der Waals surface area contributed by atoms with Crippen molar-refractivity contribution in [3.05, 3.63) is 0 Å². The van der Waals surface area contributed by atoms with Crippen molar-refractivity contribution < 1.29 is 106 Å². The third kappa shape index (κ3) is 18.5. The lowest BCUT2D eigenvalue weighted by Gasteiger charge is -2.40. The molecule has 0 aliphatic carbocycles.